The predicted octanol–water partition coefficient (Wildman–Crippen LogP) is 7.04. The molecule has 0 saturated heterocycles. The molecule has 0 atom stereocenters. The Morgan fingerprint density at radius 3 is 2.19 bits per heavy atom. The number of sulfonamides is 1. The number of nitrogens with zero attached hydrogens (tertiary/aromatic N) is 1. The normalized spacial score (nSPS) is 11.2. The van der Waals surface area contributed by atoms with Crippen LogP contribution in [0.2, 0.25) is 5.02 Å². The summed E-state index contributed by atoms with van der Waals surface area (Å²) >= 11 is 5.90. The van der Waals surface area contributed by atoms with Crippen LogP contribution in [0.25, 0.3) is 22.8 Å². The summed E-state index contributed by atoms with van der Waals surface area (Å²) in [5, 5.41) is 0.667. The summed E-state index contributed by atoms with van der Waals surface area (Å²) < 4.78 is 39.9. The van der Waals surface area contributed by atoms with Crippen LogP contribution in [0.4, 0.5) is 5.69 Å². The van der Waals surface area contributed by atoms with E-state index >= 15 is 0 Å². The minimum absolute atomic E-state index is 0.129. The van der Waals surface area contributed by atoms with Crippen LogP contribution in [0.1, 0.15) is 5.56 Å². The molecular formula is C28H21ClN2O4S. The molecule has 1 heterocycles. The van der Waals surface area contributed by atoms with Crippen molar-refractivity contribution >= 4 is 27.3 Å². The van der Waals surface area contributed by atoms with E-state index < -0.39 is 10.0 Å². The third kappa shape index (κ3) is 5.59. The van der Waals surface area contributed by atoms with Crippen molar-refractivity contribution in [1.82, 2.24) is 4.98 Å². The fraction of sp³-hybridized carbons (Fsp3) is 0.0357. The molecule has 5 rings (SSSR count). The average molecular weight is 517 g/mol. The second-order valence-electron chi connectivity index (χ2n) is 7.97. The molecule has 0 aliphatic heterocycles. The lowest BCUT2D eigenvalue weighted by Crippen LogP contribution is -2.12. The lowest BCUT2D eigenvalue weighted by atomic mass is 10.2. The molecule has 180 valence electrons. The van der Waals surface area contributed by atoms with Crippen molar-refractivity contribution in [2.24, 2.45) is 0 Å². The van der Waals surface area contributed by atoms with Crippen LogP contribution < -0.4 is 9.46 Å². The Hall–Kier alpha value is -4.07. The predicted molar refractivity (Wildman–Crippen MR) is 140 cm³/mol. The second-order valence-corrected chi connectivity index (χ2v) is 10.1. The minimum atomic E-state index is -3.78. The lowest BCUT2D eigenvalue weighted by molar-refractivity contribution is 0.306. The number of benzene rings is 4. The van der Waals surface area contributed by atoms with Crippen LogP contribution in [-0.4, -0.2) is 13.4 Å². The van der Waals surface area contributed by atoms with Crippen molar-refractivity contribution in [1.29, 1.82) is 0 Å². The Kier molecular flexibility index (Phi) is 6.75. The maximum absolute atomic E-state index is 12.9. The zero-order chi connectivity index (χ0) is 25.0. The number of hydrogen-bond acceptors (Lipinski definition) is 5. The second kappa shape index (κ2) is 10.3. The van der Waals surface area contributed by atoms with E-state index in [-0.39, 0.29) is 4.90 Å². The molecule has 6 nitrogen and oxygen atoms in total. The highest BCUT2D eigenvalue weighted by Gasteiger charge is 2.16. The first-order valence-electron chi connectivity index (χ1n) is 11.1. The fourth-order valence-corrected chi connectivity index (χ4v) is 4.69. The smallest absolute Gasteiger partial charge is 0.261 e. The topological polar surface area (TPSA) is 81.4 Å². The summed E-state index contributed by atoms with van der Waals surface area (Å²) in [6.45, 7) is 0.381. The van der Waals surface area contributed by atoms with Crippen LogP contribution in [-0.2, 0) is 16.6 Å². The molecule has 0 unspecified atom stereocenters. The monoisotopic (exact) mass is 516 g/mol. The highest BCUT2D eigenvalue weighted by atomic mass is 35.5. The summed E-state index contributed by atoms with van der Waals surface area (Å²) in [5.74, 6) is 1.68. The summed E-state index contributed by atoms with van der Waals surface area (Å²) in [5.41, 5.74) is 3.01. The van der Waals surface area contributed by atoms with Gasteiger partial charge in [-0.25, -0.2) is 13.4 Å². The number of hydrogen-bond donors (Lipinski definition) is 1. The van der Waals surface area contributed by atoms with Gasteiger partial charge in [0.1, 0.15) is 12.4 Å². The van der Waals surface area contributed by atoms with E-state index in [4.69, 9.17) is 20.8 Å². The molecule has 5 aromatic rings. The molecule has 0 bridgehead atoms. The van der Waals surface area contributed by atoms with Gasteiger partial charge in [-0.15, -0.1) is 0 Å². The molecule has 1 N–H and O–H groups in total. The van der Waals surface area contributed by atoms with Gasteiger partial charge in [-0.1, -0.05) is 54.1 Å². The van der Waals surface area contributed by atoms with E-state index in [1.54, 1.807) is 54.7 Å². The summed E-state index contributed by atoms with van der Waals surface area (Å²) in [7, 11) is -3.78. The van der Waals surface area contributed by atoms with E-state index in [0.717, 1.165) is 11.1 Å². The molecule has 36 heavy (non-hydrogen) atoms. The van der Waals surface area contributed by atoms with Crippen molar-refractivity contribution < 1.29 is 17.6 Å². The molecule has 0 saturated carbocycles. The molecule has 0 aliphatic carbocycles. The summed E-state index contributed by atoms with van der Waals surface area (Å²) in [6.07, 6.45) is 1.65. The van der Waals surface area contributed by atoms with Crippen LogP contribution in [0.5, 0.6) is 5.75 Å². The summed E-state index contributed by atoms with van der Waals surface area (Å²) in [6, 6.07) is 30.1. The quantitative estimate of drug-likeness (QED) is 0.239. The first-order chi connectivity index (χ1) is 17.5. The number of aromatic nitrogens is 1. The molecule has 4 aromatic carbocycles. The molecule has 0 spiro atoms. The minimum Gasteiger partial charge on any atom is -0.489 e. The average Bonchev–Trinajstić information content (AvgIpc) is 3.40. The number of oxazole rings is 1. The van der Waals surface area contributed by atoms with E-state index in [0.29, 0.717) is 40.3 Å². The third-order valence-electron chi connectivity index (χ3n) is 5.40. The van der Waals surface area contributed by atoms with Gasteiger partial charge in [0.15, 0.2) is 5.76 Å². The molecule has 0 radical (unpaired) electrons. The SMILES string of the molecule is O=S(=O)(Nc1ccc(OCc2ccc(Cl)cc2)cc1)c1ccc(-c2ncc(-c3ccccc3)o2)cc1. The summed E-state index contributed by atoms with van der Waals surface area (Å²) in [4.78, 5) is 4.45. The van der Waals surface area contributed by atoms with Gasteiger partial charge in [0.25, 0.3) is 10.0 Å². The van der Waals surface area contributed by atoms with Crippen LogP contribution in [0, 0.1) is 0 Å². The number of halogens is 1. The Balaban J connectivity index is 1.23. The van der Waals surface area contributed by atoms with Crippen molar-refractivity contribution in [3.8, 4) is 28.5 Å². The molecule has 0 fully saturated rings. The van der Waals surface area contributed by atoms with Gasteiger partial charge in [0.05, 0.1) is 11.1 Å². The van der Waals surface area contributed by atoms with E-state index in [1.165, 1.54) is 12.1 Å². The molecular weight excluding hydrogens is 496 g/mol. The molecule has 8 heteroatoms. The molecule has 0 aliphatic rings. The fourth-order valence-electron chi connectivity index (χ4n) is 3.50. The zero-order valence-corrected chi connectivity index (χ0v) is 20.5. The highest BCUT2D eigenvalue weighted by Crippen LogP contribution is 2.27. The van der Waals surface area contributed by atoms with Gasteiger partial charge in [0, 0.05) is 21.8 Å². The first kappa shape index (κ1) is 23.7. The van der Waals surface area contributed by atoms with Gasteiger partial charge < -0.3 is 9.15 Å². The number of nitrogens with one attached hydrogen (secondary N) is 1. The first-order valence-corrected chi connectivity index (χ1v) is 12.9. The number of ether oxygens (including phenoxy) is 1. The van der Waals surface area contributed by atoms with E-state index in [1.807, 2.05) is 42.5 Å². The van der Waals surface area contributed by atoms with Gasteiger partial charge >= 0.3 is 0 Å². The van der Waals surface area contributed by atoms with Crippen molar-refractivity contribution in [3.05, 3.63) is 120 Å². The Morgan fingerprint density at radius 1 is 0.806 bits per heavy atom. The Bertz CT molecular complexity index is 1550. The van der Waals surface area contributed by atoms with Crippen molar-refractivity contribution in [3.63, 3.8) is 0 Å². The van der Waals surface area contributed by atoms with E-state index in [2.05, 4.69) is 9.71 Å². The van der Waals surface area contributed by atoms with Crippen molar-refractivity contribution in [2.75, 3.05) is 4.72 Å². The van der Waals surface area contributed by atoms with Crippen LogP contribution in [0.3, 0.4) is 0 Å². The maximum Gasteiger partial charge on any atom is 0.261 e. The van der Waals surface area contributed by atoms with Crippen LogP contribution in [0.15, 0.2) is 119 Å². The van der Waals surface area contributed by atoms with Gasteiger partial charge in [-0.2, -0.15) is 0 Å². The maximum atomic E-state index is 12.9. The van der Waals surface area contributed by atoms with Gasteiger partial charge in [-0.05, 0) is 66.2 Å². The zero-order valence-electron chi connectivity index (χ0n) is 19.0. The van der Waals surface area contributed by atoms with Crippen LogP contribution >= 0.6 is 11.6 Å². The third-order valence-corrected chi connectivity index (χ3v) is 7.05. The highest BCUT2D eigenvalue weighted by molar-refractivity contribution is 7.92. The largest absolute Gasteiger partial charge is 0.489 e. The van der Waals surface area contributed by atoms with E-state index in [9.17, 15) is 8.42 Å². The lowest BCUT2D eigenvalue weighted by Gasteiger charge is -2.10. The Labute approximate surface area is 214 Å². The number of rotatable bonds is 8. The van der Waals surface area contributed by atoms with Crippen molar-refractivity contribution in [2.45, 2.75) is 11.5 Å². The number of anilines is 1. The Morgan fingerprint density at radius 2 is 1.50 bits per heavy atom. The van der Waals surface area contributed by atoms with Gasteiger partial charge in [-0.3, -0.25) is 4.72 Å². The molecule has 1 aromatic heterocycles. The standard InChI is InChI=1S/C28H21ClN2O4S/c29-23-10-6-20(7-11-23)19-34-25-14-12-24(13-15-25)31-36(32,33)26-16-8-22(9-17-26)28-30-18-27(35-28)21-4-2-1-3-5-21/h1-18,31H,19H2. The van der Waals surface area contributed by atoms with Gasteiger partial charge in [0.2, 0.25) is 5.89 Å². The molecule has 0 amide bonds.